The summed E-state index contributed by atoms with van der Waals surface area (Å²) >= 11 is 2.50. The molecular formula is C18H16FN3O3S2. The van der Waals surface area contributed by atoms with E-state index in [-0.39, 0.29) is 17.5 Å². The van der Waals surface area contributed by atoms with Gasteiger partial charge in [-0.05, 0) is 49.4 Å². The third-order valence-electron chi connectivity index (χ3n) is 3.16. The Kier molecular flexibility index (Phi) is 6.61. The number of esters is 1. The molecule has 3 rings (SSSR count). The van der Waals surface area contributed by atoms with Gasteiger partial charge in [-0.25, -0.2) is 4.39 Å². The molecule has 0 aliphatic rings. The summed E-state index contributed by atoms with van der Waals surface area (Å²) in [6, 6.07) is 12.9. The van der Waals surface area contributed by atoms with Gasteiger partial charge in [-0.15, -0.1) is 10.2 Å². The van der Waals surface area contributed by atoms with Crippen molar-refractivity contribution in [2.75, 3.05) is 17.7 Å². The molecular weight excluding hydrogens is 389 g/mol. The quantitative estimate of drug-likeness (QED) is 0.336. The fourth-order valence-corrected chi connectivity index (χ4v) is 3.61. The number of thioether (sulfide) groups is 1. The van der Waals surface area contributed by atoms with Crippen LogP contribution in [0.2, 0.25) is 0 Å². The maximum atomic E-state index is 13.2. The first-order chi connectivity index (χ1) is 13.1. The minimum absolute atomic E-state index is 0.0990. The Bertz CT molecular complexity index is 903. The monoisotopic (exact) mass is 405 g/mol. The van der Waals surface area contributed by atoms with Crippen LogP contribution in [0.4, 0.5) is 15.2 Å². The van der Waals surface area contributed by atoms with Crippen LogP contribution in [0, 0.1) is 5.82 Å². The number of hydrogen-bond donors (Lipinski definition) is 1. The molecule has 0 aliphatic heterocycles. The second-order valence-electron chi connectivity index (χ2n) is 5.18. The van der Waals surface area contributed by atoms with Crippen LogP contribution in [-0.4, -0.2) is 28.5 Å². The van der Waals surface area contributed by atoms with Crippen molar-refractivity contribution in [2.24, 2.45) is 0 Å². The summed E-state index contributed by atoms with van der Waals surface area (Å²) in [6.07, 6.45) is 0. The molecule has 1 N–H and O–H groups in total. The lowest BCUT2D eigenvalue weighted by Gasteiger charge is -2.05. The number of nitrogens with zero attached hydrogens (tertiary/aromatic N) is 2. The van der Waals surface area contributed by atoms with E-state index in [1.807, 2.05) is 6.92 Å². The molecule has 1 heterocycles. The molecule has 0 amide bonds. The first-order valence-corrected chi connectivity index (χ1v) is 9.85. The third kappa shape index (κ3) is 5.93. The van der Waals surface area contributed by atoms with Crippen molar-refractivity contribution >= 4 is 39.9 Å². The normalized spacial score (nSPS) is 10.4. The first-order valence-electron chi connectivity index (χ1n) is 8.05. The maximum Gasteiger partial charge on any atom is 0.321 e. The molecule has 1 aromatic heterocycles. The SMILES string of the molecule is CCOc1ccc(OC(=O)CSc2nnc(Nc3cccc(F)c3)s2)cc1. The van der Waals surface area contributed by atoms with Crippen LogP contribution in [-0.2, 0) is 4.79 Å². The van der Waals surface area contributed by atoms with Crippen molar-refractivity contribution in [1.82, 2.24) is 10.2 Å². The van der Waals surface area contributed by atoms with Crippen LogP contribution < -0.4 is 14.8 Å². The van der Waals surface area contributed by atoms with Gasteiger partial charge in [-0.2, -0.15) is 0 Å². The van der Waals surface area contributed by atoms with Gasteiger partial charge >= 0.3 is 5.97 Å². The Morgan fingerprint density at radius 2 is 1.96 bits per heavy atom. The van der Waals surface area contributed by atoms with Crippen molar-refractivity contribution in [3.05, 3.63) is 54.3 Å². The van der Waals surface area contributed by atoms with Crippen LogP contribution in [0.25, 0.3) is 0 Å². The third-order valence-corrected chi connectivity index (χ3v) is 5.11. The molecule has 0 fully saturated rings. The maximum absolute atomic E-state index is 13.2. The number of anilines is 2. The average molecular weight is 405 g/mol. The Labute approximate surface area is 163 Å². The summed E-state index contributed by atoms with van der Waals surface area (Å²) in [6.45, 7) is 2.48. The van der Waals surface area contributed by atoms with Crippen molar-refractivity contribution in [1.29, 1.82) is 0 Å². The van der Waals surface area contributed by atoms with Gasteiger partial charge in [0.2, 0.25) is 5.13 Å². The van der Waals surface area contributed by atoms with Crippen LogP contribution in [0.1, 0.15) is 6.92 Å². The smallest absolute Gasteiger partial charge is 0.321 e. The van der Waals surface area contributed by atoms with Crippen molar-refractivity contribution in [3.63, 3.8) is 0 Å². The summed E-state index contributed by atoms with van der Waals surface area (Å²) < 4.78 is 24.4. The molecule has 0 aliphatic carbocycles. The summed E-state index contributed by atoms with van der Waals surface area (Å²) in [4.78, 5) is 12.0. The van der Waals surface area contributed by atoms with E-state index in [2.05, 4.69) is 15.5 Å². The van der Waals surface area contributed by atoms with E-state index in [0.29, 0.717) is 27.5 Å². The minimum atomic E-state index is -0.390. The fourth-order valence-electron chi connectivity index (χ4n) is 2.06. The van der Waals surface area contributed by atoms with E-state index in [4.69, 9.17) is 9.47 Å². The Hall–Kier alpha value is -2.65. The molecule has 6 nitrogen and oxygen atoms in total. The Morgan fingerprint density at radius 3 is 2.70 bits per heavy atom. The van der Waals surface area contributed by atoms with Crippen molar-refractivity contribution in [2.45, 2.75) is 11.3 Å². The van der Waals surface area contributed by atoms with Gasteiger partial charge in [-0.1, -0.05) is 29.2 Å². The molecule has 0 spiro atoms. The number of aromatic nitrogens is 2. The van der Waals surface area contributed by atoms with Crippen LogP contribution in [0.5, 0.6) is 11.5 Å². The number of ether oxygens (including phenoxy) is 2. The highest BCUT2D eigenvalue weighted by Gasteiger charge is 2.10. The highest BCUT2D eigenvalue weighted by Crippen LogP contribution is 2.28. The molecule has 0 bridgehead atoms. The van der Waals surface area contributed by atoms with Gasteiger partial charge in [0.15, 0.2) is 4.34 Å². The predicted molar refractivity (Wildman–Crippen MR) is 104 cm³/mol. The predicted octanol–water partition coefficient (Wildman–Crippen LogP) is 4.52. The van der Waals surface area contributed by atoms with E-state index in [1.165, 1.54) is 35.2 Å². The van der Waals surface area contributed by atoms with Gasteiger partial charge in [-0.3, -0.25) is 4.79 Å². The lowest BCUT2D eigenvalue weighted by molar-refractivity contribution is -0.131. The molecule has 0 saturated carbocycles. The average Bonchev–Trinajstić information content (AvgIpc) is 3.09. The highest BCUT2D eigenvalue weighted by molar-refractivity contribution is 8.01. The van der Waals surface area contributed by atoms with E-state index < -0.39 is 0 Å². The summed E-state index contributed by atoms with van der Waals surface area (Å²) in [5.74, 6) is 0.547. The lowest BCUT2D eigenvalue weighted by Crippen LogP contribution is -2.10. The zero-order chi connectivity index (χ0) is 19.1. The topological polar surface area (TPSA) is 73.3 Å². The van der Waals surface area contributed by atoms with Crippen molar-refractivity contribution < 1.29 is 18.7 Å². The second kappa shape index (κ2) is 9.33. The molecule has 140 valence electrons. The molecule has 9 heteroatoms. The number of carbonyl (C=O) groups excluding carboxylic acids is 1. The fraction of sp³-hybridized carbons (Fsp3) is 0.167. The van der Waals surface area contributed by atoms with Gasteiger partial charge in [0.05, 0.1) is 12.4 Å². The highest BCUT2D eigenvalue weighted by atomic mass is 32.2. The Balaban J connectivity index is 1.48. The number of nitrogens with one attached hydrogen (secondary N) is 1. The number of rotatable bonds is 8. The van der Waals surface area contributed by atoms with Gasteiger partial charge < -0.3 is 14.8 Å². The number of halogens is 1. The molecule has 0 saturated heterocycles. The molecule has 3 aromatic rings. The molecule has 0 atom stereocenters. The minimum Gasteiger partial charge on any atom is -0.494 e. The number of benzene rings is 2. The van der Waals surface area contributed by atoms with Crippen molar-refractivity contribution in [3.8, 4) is 11.5 Å². The van der Waals surface area contributed by atoms with Crippen LogP contribution in [0.15, 0.2) is 52.9 Å². The molecule has 0 radical (unpaired) electrons. The molecule has 0 unspecified atom stereocenters. The van der Waals surface area contributed by atoms with E-state index in [1.54, 1.807) is 36.4 Å². The largest absolute Gasteiger partial charge is 0.494 e. The second-order valence-corrected chi connectivity index (χ2v) is 7.38. The summed E-state index contributed by atoms with van der Waals surface area (Å²) in [5.41, 5.74) is 0.581. The van der Waals surface area contributed by atoms with E-state index in [0.717, 1.165) is 5.75 Å². The summed E-state index contributed by atoms with van der Waals surface area (Å²) in [7, 11) is 0. The van der Waals surface area contributed by atoms with E-state index in [9.17, 15) is 9.18 Å². The van der Waals surface area contributed by atoms with Gasteiger partial charge in [0, 0.05) is 5.69 Å². The zero-order valence-electron chi connectivity index (χ0n) is 14.3. The molecule has 2 aromatic carbocycles. The first kappa shape index (κ1) is 19.1. The van der Waals surface area contributed by atoms with Gasteiger partial charge in [0.1, 0.15) is 17.3 Å². The Morgan fingerprint density at radius 1 is 1.19 bits per heavy atom. The number of hydrogen-bond acceptors (Lipinski definition) is 8. The number of carbonyl (C=O) groups is 1. The van der Waals surface area contributed by atoms with Crippen LogP contribution in [0.3, 0.4) is 0 Å². The lowest BCUT2D eigenvalue weighted by atomic mass is 10.3. The van der Waals surface area contributed by atoms with Gasteiger partial charge in [0.25, 0.3) is 0 Å². The van der Waals surface area contributed by atoms with E-state index >= 15 is 0 Å². The standard InChI is InChI=1S/C18H16FN3O3S2/c1-2-24-14-6-8-15(9-7-14)25-16(23)11-26-18-22-21-17(27-18)20-13-5-3-4-12(19)10-13/h3-10H,2,11H2,1H3,(H,20,21). The molecule has 27 heavy (non-hydrogen) atoms. The summed E-state index contributed by atoms with van der Waals surface area (Å²) in [5, 5.41) is 11.5. The van der Waals surface area contributed by atoms with Crippen LogP contribution >= 0.6 is 23.1 Å². The zero-order valence-corrected chi connectivity index (χ0v) is 16.0.